The molecular formula is C25H21BrClFN4O3. The fourth-order valence-corrected chi connectivity index (χ4v) is 3.96. The molecule has 180 valence electrons. The van der Waals surface area contributed by atoms with Crippen LogP contribution in [-0.4, -0.2) is 24.6 Å². The number of hydrogen-bond donors (Lipinski definition) is 1. The van der Waals surface area contributed by atoms with Crippen LogP contribution in [0, 0.1) is 12.7 Å². The molecule has 0 spiro atoms. The lowest BCUT2D eigenvalue weighted by atomic mass is 10.1. The summed E-state index contributed by atoms with van der Waals surface area (Å²) in [7, 11) is 0. The van der Waals surface area contributed by atoms with Gasteiger partial charge in [-0.3, -0.25) is 14.3 Å². The van der Waals surface area contributed by atoms with E-state index in [9.17, 15) is 14.3 Å². The zero-order valence-corrected chi connectivity index (χ0v) is 21.4. The molecule has 10 heteroatoms. The predicted octanol–water partition coefficient (Wildman–Crippen LogP) is 5.36. The van der Waals surface area contributed by atoms with Gasteiger partial charge in [-0.25, -0.2) is 14.4 Å². The minimum atomic E-state index is -1.23. The third-order valence-electron chi connectivity index (χ3n) is 5.15. The summed E-state index contributed by atoms with van der Waals surface area (Å²) in [5.74, 6) is 0.261. The van der Waals surface area contributed by atoms with Crippen LogP contribution < -0.4 is 10.3 Å². The Morgan fingerprint density at radius 3 is 2.54 bits per heavy atom. The second-order valence-electron chi connectivity index (χ2n) is 8.37. The summed E-state index contributed by atoms with van der Waals surface area (Å²) in [6.45, 7) is 5.10. The van der Waals surface area contributed by atoms with Gasteiger partial charge in [0.1, 0.15) is 28.2 Å². The molecule has 0 unspecified atom stereocenters. The lowest BCUT2D eigenvalue weighted by Gasteiger charge is -2.17. The van der Waals surface area contributed by atoms with Crippen molar-refractivity contribution in [2.24, 2.45) is 0 Å². The number of benzene rings is 1. The number of aryl methyl sites for hydroxylation is 1. The van der Waals surface area contributed by atoms with E-state index in [2.05, 4.69) is 30.9 Å². The maximum Gasteiger partial charge on any atom is 0.273 e. The molecule has 4 rings (SSSR count). The van der Waals surface area contributed by atoms with Gasteiger partial charge in [-0.1, -0.05) is 23.7 Å². The topological polar surface area (TPSA) is 90.1 Å². The van der Waals surface area contributed by atoms with Gasteiger partial charge in [-0.15, -0.1) is 0 Å². The van der Waals surface area contributed by atoms with Gasteiger partial charge < -0.3 is 9.84 Å². The summed E-state index contributed by atoms with van der Waals surface area (Å²) in [5, 5.41) is 10.5. The van der Waals surface area contributed by atoms with Crippen molar-refractivity contribution in [1.82, 2.24) is 19.5 Å². The number of halogens is 3. The Labute approximate surface area is 214 Å². The van der Waals surface area contributed by atoms with Crippen molar-refractivity contribution in [2.45, 2.75) is 33.0 Å². The number of nitrogens with zero attached hydrogens (tertiary/aromatic N) is 4. The average molecular weight is 560 g/mol. The second kappa shape index (κ2) is 9.85. The van der Waals surface area contributed by atoms with Gasteiger partial charge in [0.05, 0.1) is 22.1 Å². The number of hydrogen-bond acceptors (Lipinski definition) is 6. The van der Waals surface area contributed by atoms with Gasteiger partial charge in [-0.2, -0.15) is 0 Å². The molecule has 1 N–H and O–H groups in total. The zero-order valence-electron chi connectivity index (χ0n) is 19.1. The maximum atomic E-state index is 13.3. The normalized spacial score (nSPS) is 11.5. The monoisotopic (exact) mass is 558 g/mol. The van der Waals surface area contributed by atoms with E-state index in [1.54, 1.807) is 51.1 Å². The molecule has 0 aliphatic heterocycles. The van der Waals surface area contributed by atoms with Crippen molar-refractivity contribution in [3.63, 3.8) is 0 Å². The number of aromatic nitrogens is 4. The van der Waals surface area contributed by atoms with Crippen molar-refractivity contribution >= 4 is 27.5 Å². The van der Waals surface area contributed by atoms with Crippen molar-refractivity contribution in [3.8, 4) is 22.8 Å². The second-order valence-corrected chi connectivity index (χ2v) is 9.57. The summed E-state index contributed by atoms with van der Waals surface area (Å²) in [5.41, 5.74) is 1.07. The highest BCUT2D eigenvalue weighted by Gasteiger charge is 2.21. The van der Waals surface area contributed by atoms with Crippen LogP contribution in [-0.2, 0) is 12.2 Å². The summed E-state index contributed by atoms with van der Waals surface area (Å²) >= 11 is 9.78. The molecule has 0 saturated carbocycles. The van der Waals surface area contributed by atoms with Crippen LogP contribution in [0.1, 0.15) is 30.9 Å². The molecule has 0 fully saturated rings. The highest BCUT2D eigenvalue weighted by atomic mass is 79.9. The first kappa shape index (κ1) is 25.0. The van der Waals surface area contributed by atoms with E-state index in [-0.39, 0.29) is 33.3 Å². The minimum absolute atomic E-state index is 0.166. The fourth-order valence-electron chi connectivity index (χ4n) is 3.36. The highest BCUT2D eigenvalue weighted by molar-refractivity contribution is 9.10. The number of pyridine rings is 2. The van der Waals surface area contributed by atoms with Gasteiger partial charge >= 0.3 is 0 Å². The number of rotatable bonds is 6. The van der Waals surface area contributed by atoms with E-state index in [4.69, 9.17) is 16.3 Å². The van der Waals surface area contributed by atoms with Crippen LogP contribution in [0.5, 0.6) is 5.75 Å². The summed E-state index contributed by atoms with van der Waals surface area (Å²) in [6, 6.07) is 11.0. The van der Waals surface area contributed by atoms with Crippen LogP contribution >= 0.6 is 27.5 Å². The van der Waals surface area contributed by atoms with Crippen molar-refractivity contribution in [2.75, 3.05) is 0 Å². The summed E-state index contributed by atoms with van der Waals surface area (Å²) in [6.07, 6.45) is 2.98. The van der Waals surface area contributed by atoms with E-state index in [1.807, 2.05) is 0 Å². The first-order valence-corrected chi connectivity index (χ1v) is 11.7. The Morgan fingerprint density at radius 2 is 1.86 bits per heavy atom. The van der Waals surface area contributed by atoms with Crippen molar-refractivity contribution < 1.29 is 14.2 Å². The Bertz CT molecular complexity index is 1450. The van der Waals surface area contributed by atoms with Crippen LogP contribution in [0.4, 0.5) is 4.39 Å². The molecule has 0 aliphatic rings. The third kappa shape index (κ3) is 5.42. The molecule has 0 atom stereocenters. The molecule has 0 saturated heterocycles. The maximum absolute atomic E-state index is 13.3. The standard InChI is InChI=1S/C25H21BrClFN4O3/c1-14-10-21(35-13-15-4-6-16(28)7-5-15)22(26)23(33)32(14)20-11-19(30-12-17(20)27)18-8-9-29-24(31-18)25(2,3)34/h4-12,34H,13H2,1-3H3. The smallest absolute Gasteiger partial charge is 0.273 e. The van der Waals surface area contributed by atoms with Gasteiger partial charge in [-0.05, 0) is 66.5 Å². The van der Waals surface area contributed by atoms with Gasteiger partial charge in [0.2, 0.25) is 0 Å². The summed E-state index contributed by atoms with van der Waals surface area (Å²) in [4.78, 5) is 26.2. The van der Waals surface area contributed by atoms with Crippen LogP contribution in [0.25, 0.3) is 17.1 Å². The van der Waals surface area contributed by atoms with E-state index in [0.29, 0.717) is 28.5 Å². The van der Waals surface area contributed by atoms with Gasteiger partial charge in [0, 0.05) is 24.2 Å². The third-order valence-corrected chi connectivity index (χ3v) is 6.17. The van der Waals surface area contributed by atoms with E-state index >= 15 is 0 Å². The minimum Gasteiger partial charge on any atom is -0.487 e. The molecular weight excluding hydrogens is 539 g/mol. The average Bonchev–Trinajstić information content (AvgIpc) is 2.82. The fraction of sp³-hybridized carbons (Fsp3) is 0.200. The molecule has 0 aliphatic carbocycles. The molecule has 0 amide bonds. The van der Waals surface area contributed by atoms with Gasteiger partial charge in [0.15, 0.2) is 5.82 Å². The molecule has 7 nitrogen and oxygen atoms in total. The summed E-state index contributed by atoms with van der Waals surface area (Å²) < 4.78 is 20.6. The lowest BCUT2D eigenvalue weighted by molar-refractivity contribution is 0.0688. The molecule has 3 aromatic heterocycles. The predicted molar refractivity (Wildman–Crippen MR) is 134 cm³/mol. The van der Waals surface area contributed by atoms with Crippen LogP contribution in [0.15, 0.2) is 64.1 Å². The van der Waals surface area contributed by atoms with Crippen molar-refractivity contribution in [3.05, 3.63) is 97.6 Å². The number of ether oxygens (including phenoxy) is 1. The molecule has 0 radical (unpaired) electrons. The Kier molecular flexibility index (Phi) is 7.02. The van der Waals surface area contributed by atoms with Gasteiger partial charge in [0.25, 0.3) is 5.56 Å². The molecule has 4 aromatic rings. The first-order chi connectivity index (χ1) is 16.5. The largest absolute Gasteiger partial charge is 0.487 e. The molecule has 0 bridgehead atoms. The van der Waals surface area contributed by atoms with E-state index in [0.717, 1.165) is 5.56 Å². The first-order valence-electron chi connectivity index (χ1n) is 10.6. The SMILES string of the molecule is Cc1cc(OCc2ccc(F)cc2)c(Br)c(=O)n1-c1cc(-c2ccnc(C(C)(C)O)n2)ncc1Cl. The lowest BCUT2D eigenvalue weighted by Crippen LogP contribution is -2.22. The molecule has 35 heavy (non-hydrogen) atoms. The molecule has 1 aromatic carbocycles. The van der Waals surface area contributed by atoms with E-state index in [1.165, 1.54) is 29.1 Å². The van der Waals surface area contributed by atoms with E-state index < -0.39 is 5.60 Å². The Balaban J connectivity index is 1.72. The Morgan fingerprint density at radius 1 is 1.14 bits per heavy atom. The van der Waals surface area contributed by atoms with Crippen molar-refractivity contribution in [1.29, 1.82) is 0 Å². The highest BCUT2D eigenvalue weighted by Crippen LogP contribution is 2.29. The van der Waals surface area contributed by atoms with Crippen LogP contribution in [0.2, 0.25) is 5.02 Å². The molecule has 3 heterocycles. The zero-order chi connectivity index (χ0) is 25.3. The van der Waals surface area contributed by atoms with Crippen LogP contribution in [0.3, 0.4) is 0 Å². The number of aliphatic hydroxyl groups is 1. The quantitative estimate of drug-likeness (QED) is 0.342. The Hall–Kier alpha value is -3.14.